The normalized spacial score (nSPS) is 9.77. The third-order valence-corrected chi connectivity index (χ3v) is 1.99. The topological polar surface area (TPSA) is 46.3 Å². The molecule has 0 unspecified atom stereocenters. The highest BCUT2D eigenvalue weighted by atomic mass is 35.5. The maximum Gasteiger partial charge on any atom is 0.253 e. The van der Waals surface area contributed by atoms with Crippen molar-refractivity contribution < 1.29 is 4.79 Å². The van der Waals surface area contributed by atoms with Crippen LogP contribution in [0.2, 0.25) is 5.02 Å². The van der Waals surface area contributed by atoms with Crippen LogP contribution >= 0.6 is 11.6 Å². The molecule has 3 nitrogen and oxygen atoms in total. The van der Waals surface area contributed by atoms with Crippen molar-refractivity contribution in [3.05, 3.63) is 28.8 Å². The number of nitrogen functional groups attached to an aromatic ring is 1. The Kier molecular flexibility index (Phi) is 2.78. The Morgan fingerprint density at radius 2 is 2.08 bits per heavy atom. The summed E-state index contributed by atoms with van der Waals surface area (Å²) in [6, 6.07) is 4.85. The standard InChI is InChI=1S/C9H11ClN2O/c1-12(2)9(13)6-3-4-7(10)8(11)5-6/h3-5H,11H2,1-2H3. The first-order valence-electron chi connectivity index (χ1n) is 3.79. The number of carbonyl (C=O) groups is 1. The molecule has 0 aliphatic carbocycles. The van der Waals surface area contributed by atoms with E-state index in [1.807, 2.05) is 0 Å². The molecule has 1 rings (SSSR count). The predicted octanol–water partition coefficient (Wildman–Crippen LogP) is 1.62. The number of anilines is 1. The van der Waals surface area contributed by atoms with E-state index in [2.05, 4.69) is 0 Å². The molecule has 0 aromatic heterocycles. The van der Waals surface area contributed by atoms with E-state index in [9.17, 15) is 4.79 Å². The van der Waals surface area contributed by atoms with Crippen molar-refractivity contribution in [2.45, 2.75) is 0 Å². The summed E-state index contributed by atoms with van der Waals surface area (Å²) >= 11 is 5.72. The first-order valence-corrected chi connectivity index (χ1v) is 4.17. The van der Waals surface area contributed by atoms with Gasteiger partial charge in [-0.2, -0.15) is 0 Å². The van der Waals surface area contributed by atoms with E-state index >= 15 is 0 Å². The average molecular weight is 199 g/mol. The maximum atomic E-state index is 11.4. The summed E-state index contributed by atoms with van der Waals surface area (Å²) in [5.74, 6) is -0.0802. The molecule has 13 heavy (non-hydrogen) atoms. The Bertz CT molecular complexity index is 336. The molecule has 1 aromatic carbocycles. The van der Waals surface area contributed by atoms with E-state index in [-0.39, 0.29) is 5.91 Å². The minimum absolute atomic E-state index is 0.0802. The van der Waals surface area contributed by atoms with Gasteiger partial charge in [-0.1, -0.05) is 11.6 Å². The minimum atomic E-state index is -0.0802. The van der Waals surface area contributed by atoms with E-state index in [1.165, 1.54) is 4.90 Å². The fourth-order valence-electron chi connectivity index (χ4n) is 0.935. The number of nitrogens with two attached hydrogens (primary N) is 1. The van der Waals surface area contributed by atoms with Gasteiger partial charge < -0.3 is 10.6 Å². The summed E-state index contributed by atoms with van der Waals surface area (Å²) in [4.78, 5) is 12.9. The molecule has 2 N–H and O–H groups in total. The molecule has 0 aliphatic rings. The highest BCUT2D eigenvalue weighted by molar-refractivity contribution is 6.33. The smallest absolute Gasteiger partial charge is 0.253 e. The summed E-state index contributed by atoms with van der Waals surface area (Å²) in [6.45, 7) is 0. The second kappa shape index (κ2) is 3.66. The van der Waals surface area contributed by atoms with Crippen LogP contribution in [0.3, 0.4) is 0 Å². The van der Waals surface area contributed by atoms with Crippen molar-refractivity contribution in [3.63, 3.8) is 0 Å². The van der Waals surface area contributed by atoms with Gasteiger partial charge in [0, 0.05) is 19.7 Å². The summed E-state index contributed by atoms with van der Waals surface area (Å²) < 4.78 is 0. The summed E-state index contributed by atoms with van der Waals surface area (Å²) in [7, 11) is 3.38. The van der Waals surface area contributed by atoms with Gasteiger partial charge in [0.2, 0.25) is 0 Å². The Morgan fingerprint density at radius 1 is 1.46 bits per heavy atom. The van der Waals surface area contributed by atoms with Gasteiger partial charge in [-0.15, -0.1) is 0 Å². The molecular formula is C9H11ClN2O. The molecule has 0 aliphatic heterocycles. The number of carbonyl (C=O) groups excluding carboxylic acids is 1. The van der Waals surface area contributed by atoms with E-state index in [0.717, 1.165) is 0 Å². The molecular weight excluding hydrogens is 188 g/mol. The highest BCUT2D eigenvalue weighted by Crippen LogP contribution is 2.19. The number of benzene rings is 1. The first kappa shape index (κ1) is 9.86. The zero-order valence-corrected chi connectivity index (χ0v) is 8.30. The maximum absolute atomic E-state index is 11.4. The summed E-state index contributed by atoms with van der Waals surface area (Å²) in [6.07, 6.45) is 0. The van der Waals surface area contributed by atoms with Crippen LogP contribution in [0.4, 0.5) is 5.69 Å². The molecule has 0 saturated heterocycles. The van der Waals surface area contributed by atoms with Crippen molar-refractivity contribution in [2.24, 2.45) is 0 Å². The monoisotopic (exact) mass is 198 g/mol. The zero-order chi connectivity index (χ0) is 10.0. The lowest BCUT2D eigenvalue weighted by atomic mass is 10.2. The molecule has 1 aromatic rings. The van der Waals surface area contributed by atoms with Crippen LogP contribution in [0.5, 0.6) is 0 Å². The Balaban J connectivity index is 3.04. The number of hydrogen-bond acceptors (Lipinski definition) is 2. The van der Waals surface area contributed by atoms with Crippen LogP contribution in [0.25, 0.3) is 0 Å². The highest BCUT2D eigenvalue weighted by Gasteiger charge is 2.08. The van der Waals surface area contributed by atoms with Crippen LogP contribution < -0.4 is 5.73 Å². The van der Waals surface area contributed by atoms with Gasteiger partial charge in [0.05, 0.1) is 10.7 Å². The van der Waals surface area contributed by atoms with Crippen LogP contribution in [-0.2, 0) is 0 Å². The molecule has 70 valence electrons. The molecule has 0 fully saturated rings. The fraction of sp³-hybridized carbons (Fsp3) is 0.222. The number of rotatable bonds is 1. The van der Waals surface area contributed by atoms with Crippen molar-refractivity contribution in [1.29, 1.82) is 0 Å². The van der Waals surface area contributed by atoms with Gasteiger partial charge in [-0.25, -0.2) is 0 Å². The van der Waals surface area contributed by atoms with E-state index in [4.69, 9.17) is 17.3 Å². The third kappa shape index (κ3) is 2.12. The lowest BCUT2D eigenvalue weighted by Crippen LogP contribution is -2.21. The average Bonchev–Trinajstić information content (AvgIpc) is 2.08. The number of amides is 1. The fourth-order valence-corrected chi connectivity index (χ4v) is 1.05. The molecule has 4 heteroatoms. The number of halogens is 1. The van der Waals surface area contributed by atoms with Crippen LogP contribution in [-0.4, -0.2) is 24.9 Å². The molecule has 0 atom stereocenters. The SMILES string of the molecule is CN(C)C(=O)c1ccc(Cl)c(N)c1. The van der Waals surface area contributed by atoms with Crippen LogP contribution in [0.15, 0.2) is 18.2 Å². The Hall–Kier alpha value is -1.22. The molecule has 0 bridgehead atoms. The van der Waals surface area contributed by atoms with E-state index < -0.39 is 0 Å². The van der Waals surface area contributed by atoms with Crippen LogP contribution in [0, 0.1) is 0 Å². The minimum Gasteiger partial charge on any atom is -0.398 e. The van der Waals surface area contributed by atoms with Crippen molar-refractivity contribution in [3.8, 4) is 0 Å². The van der Waals surface area contributed by atoms with Crippen LogP contribution in [0.1, 0.15) is 10.4 Å². The van der Waals surface area contributed by atoms with Gasteiger partial charge in [0.1, 0.15) is 0 Å². The van der Waals surface area contributed by atoms with Gasteiger partial charge in [-0.3, -0.25) is 4.79 Å². The molecule has 1 amide bonds. The molecule has 0 spiro atoms. The largest absolute Gasteiger partial charge is 0.398 e. The number of nitrogens with zero attached hydrogens (tertiary/aromatic N) is 1. The van der Waals surface area contributed by atoms with Gasteiger partial charge >= 0.3 is 0 Å². The second-order valence-electron chi connectivity index (χ2n) is 2.94. The lowest BCUT2D eigenvalue weighted by molar-refractivity contribution is 0.0827. The van der Waals surface area contributed by atoms with Gasteiger partial charge in [-0.05, 0) is 18.2 Å². The van der Waals surface area contributed by atoms with Crippen molar-refractivity contribution in [2.75, 3.05) is 19.8 Å². The van der Waals surface area contributed by atoms with E-state index in [0.29, 0.717) is 16.3 Å². The van der Waals surface area contributed by atoms with Gasteiger partial charge in [0.15, 0.2) is 0 Å². The van der Waals surface area contributed by atoms with Crippen molar-refractivity contribution >= 4 is 23.2 Å². The van der Waals surface area contributed by atoms with Gasteiger partial charge in [0.25, 0.3) is 5.91 Å². The predicted molar refractivity (Wildman–Crippen MR) is 53.9 cm³/mol. The third-order valence-electron chi connectivity index (χ3n) is 1.65. The summed E-state index contributed by atoms with van der Waals surface area (Å²) in [5.41, 5.74) is 6.53. The quantitative estimate of drug-likeness (QED) is 0.698. The molecule has 0 heterocycles. The first-order chi connectivity index (χ1) is 6.02. The number of hydrogen-bond donors (Lipinski definition) is 1. The molecule has 0 saturated carbocycles. The lowest BCUT2D eigenvalue weighted by Gasteiger charge is -2.10. The molecule has 0 radical (unpaired) electrons. The second-order valence-corrected chi connectivity index (χ2v) is 3.34. The van der Waals surface area contributed by atoms with Crippen molar-refractivity contribution in [1.82, 2.24) is 4.90 Å². The zero-order valence-electron chi connectivity index (χ0n) is 7.54. The summed E-state index contributed by atoms with van der Waals surface area (Å²) in [5, 5.41) is 0.468. The van der Waals surface area contributed by atoms with E-state index in [1.54, 1.807) is 32.3 Å². The Morgan fingerprint density at radius 3 is 2.54 bits per heavy atom. The Labute approximate surface area is 82.1 Å².